The lowest BCUT2D eigenvalue weighted by Gasteiger charge is -2.14. The zero-order valence-corrected chi connectivity index (χ0v) is 11.3. The van der Waals surface area contributed by atoms with Crippen LogP contribution in [0.25, 0.3) is 0 Å². The molecule has 1 nitrogen and oxygen atoms in total. The third kappa shape index (κ3) is 2.77. The van der Waals surface area contributed by atoms with Crippen LogP contribution in [0.2, 0.25) is 5.02 Å². The molecule has 0 saturated heterocycles. The molecule has 0 heterocycles. The Kier molecular flexibility index (Phi) is 3.88. The second-order valence-corrected chi connectivity index (χ2v) is 4.94. The molecule has 0 saturated carbocycles. The van der Waals surface area contributed by atoms with Crippen molar-refractivity contribution in [3.63, 3.8) is 0 Å². The fraction of sp³-hybridized carbons (Fsp3) is 0.200. The van der Waals surface area contributed by atoms with Gasteiger partial charge in [-0.15, -0.1) is 0 Å². The van der Waals surface area contributed by atoms with Crippen LogP contribution in [0.5, 0.6) is 0 Å². The zero-order valence-electron chi connectivity index (χ0n) is 10.5. The highest BCUT2D eigenvalue weighted by atomic mass is 35.5. The van der Waals surface area contributed by atoms with Crippen LogP contribution >= 0.6 is 11.6 Å². The molecule has 0 fully saturated rings. The van der Waals surface area contributed by atoms with Gasteiger partial charge in [-0.1, -0.05) is 29.8 Å². The Morgan fingerprint density at radius 3 is 2.32 bits per heavy atom. The van der Waals surface area contributed by atoms with Gasteiger partial charge in [0.1, 0.15) is 17.7 Å². The molecule has 2 aromatic rings. The molecule has 100 valence electrons. The van der Waals surface area contributed by atoms with Gasteiger partial charge in [-0.05, 0) is 42.7 Å². The molecule has 0 aliphatic rings. The summed E-state index contributed by atoms with van der Waals surface area (Å²) in [5.74, 6) is -1.47. The summed E-state index contributed by atoms with van der Waals surface area (Å²) in [5.41, 5.74) is 2.44. The SMILES string of the molecule is Cc1ccc(C(O)c2cc(F)c(Cl)cc2F)cc1C. The van der Waals surface area contributed by atoms with Crippen LogP contribution in [-0.4, -0.2) is 5.11 Å². The highest BCUT2D eigenvalue weighted by molar-refractivity contribution is 6.30. The van der Waals surface area contributed by atoms with E-state index in [4.69, 9.17) is 11.6 Å². The summed E-state index contributed by atoms with van der Waals surface area (Å²) in [4.78, 5) is 0. The number of rotatable bonds is 2. The van der Waals surface area contributed by atoms with Gasteiger partial charge >= 0.3 is 0 Å². The Morgan fingerprint density at radius 2 is 1.68 bits per heavy atom. The number of aliphatic hydroxyl groups excluding tert-OH is 1. The predicted octanol–water partition coefficient (Wildman–Crippen LogP) is 4.32. The lowest BCUT2D eigenvalue weighted by atomic mass is 9.97. The average Bonchev–Trinajstić information content (AvgIpc) is 2.36. The van der Waals surface area contributed by atoms with Crippen LogP contribution in [0.4, 0.5) is 8.78 Å². The monoisotopic (exact) mass is 282 g/mol. The van der Waals surface area contributed by atoms with E-state index in [0.717, 1.165) is 23.3 Å². The molecule has 0 spiro atoms. The van der Waals surface area contributed by atoms with Crippen molar-refractivity contribution < 1.29 is 13.9 Å². The first-order chi connectivity index (χ1) is 8.90. The maximum absolute atomic E-state index is 13.7. The number of hydrogen-bond acceptors (Lipinski definition) is 1. The molecule has 1 N–H and O–H groups in total. The lowest BCUT2D eigenvalue weighted by Crippen LogP contribution is -2.04. The molecule has 0 aliphatic heterocycles. The fourth-order valence-corrected chi connectivity index (χ4v) is 2.01. The first-order valence-corrected chi connectivity index (χ1v) is 6.17. The van der Waals surface area contributed by atoms with E-state index in [1.165, 1.54) is 0 Å². The summed E-state index contributed by atoms with van der Waals surface area (Å²) >= 11 is 5.49. The van der Waals surface area contributed by atoms with E-state index >= 15 is 0 Å². The van der Waals surface area contributed by atoms with Crippen molar-refractivity contribution in [3.8, 4) is 0 Å². The van der Waals surface area contributed by atoms with Gasteiger partial charge in [0.2, 0.25) is 0 Å². The minimum absolute atomic E-state index is 0.120. The van der Waals surface area contributed by atoms with Gasteiger partial charge in [-0.25, -0.2) is 8.78 Å². The third-order valence-corrected chi connectivity index (χ3v) is 3.47. The van der Waals surface area contributed by atoms with Crippen LogP contribution in [0.15, 0.2) is 30.3 Å². The molecular weight excluding hydrogens is 270 g/mol. The summed E-state index contributed by atoms with van der Waals surface area (Å²) < 4.78 is 27.1. The van der Waals surface area contributed by atoms with E-state index in [9.17, 15) is 13.9 Å². The molecule has 1 atom stereocenters. The van der Waals surface area contributed by atoms with Crippen molar-refractivity contribution in [2.45, 2.75) is 20.0 Å². The van der Waals surface area contributed by atoms with E-state index in [1.54, 1.807) is 12.1 Å². The summed E-state index contributed by atoms with van der Waals surface area (Å²) in [5, 5.41) is 9.86. The quantitative estimate of drug-likeness (QED) is 0.814. The Balaban J connectivity index is 2.46. The van der Waals surface area contributed by atoms with Crippen LogP contribution in [0, 0.1) is 25.5 Å². The van der Waals surface area contributed by atoms with Crippen molar-refractivity contribution in [2.75, 3.05) is 0 Å². The lowest BCUT2D eigenvalue weighted by molar-refractivity contribution is 0.214. The smallest absolute Gasteiger partial charge is 0.142 e. The van der Waals surface area contributed by atoms with Gasteiger partial charge in [0, 0.05) is 5.56 Å². The summed E-state index contributed by atoms with van der Waals surface area (Å²) in [6.07, 6.45) is -1.22. The van der Waals surface area contributed by atoms with E-state index in [1.807, 2.05) is 19.9 Å². The molecule has 0 radical (unpaired) electrons. The third-order valence-electron chi connectivity index (χ3n) is 3.18. The highest BCUT2D eigenvalue weighted by Gasteiger charge is 2.18. The summed E-state index contributed by atoms with van der Waals surface area (Å²) in [7, 11) is 0. The molecule has 1 unspecified atom stereocenters. The number of halogens is 3. The molecule has 0 aromatic heterocycles. The Hall–Kier alpha value is -1.45. The van der Waals surface area contributed by atoms with Crippen LogP contribution in [-0.2, 0) is 0 Å². The van der Waals surface area contributed by atoms with Gasteiger partial charge in [-0.3, -0.25) is 0 Å². The average molecular weight is 283 g/mol. The van der Waals surface area contributed by atoms with E-state index in [2.05, 4.69) is 0 Å². The molecule has 2 aromatic carbocycles. The minimum atomic E-state index is -1.22. The van der Waals surface area contributed by atoms with Gasteiger partial charge in [-0.2, -0.15) is 0 Å². The Morgan fingerprint density at radius 1 is 1.00 bits per heavy atom. The van der Waals surface area contributed by atoms with E-state index in [0.29, 0.717) is 5.56 Å². The maximum Gasteiger partial charge on any atom is 0.142 e. The first kappa shape index (κ1) is 14.0. The molecule has 0 bridgehead atoms. The van der Waals surface area contributed by atoms with Crippen molar-refractivity contribution in [2.24, 2.45) is 0 Å². The summed E-state index contributed by atoms with van der Waals surface area (Å²) in [6.45, 7) is 3.83. The van der Waals surface area contributed by atoms with Crippen LogP contribution < -0.4 is 0 Å². The van der Waals surface area contributed by atoms with Crippen LogP contribution in [0.1, 0.15) is 28.4 Å². The Bertz CT molecular complexity index is 626. The second kappa shape index (κ2) is 5.27. The van der Waals surface area contributed by atoms with Crippen molar-refractivity contribution >= 4 is 11.6 Å². The number of benzene rings is 2. The molecule has 19 heavy (non-hydrogen) atoms. The zero-order chi connectivity index (χ0) is 14.2. The molecule has 0 amide bonds. The van der Waals surface area contributed by atoms with E-state index < -0.39 is 17.7 Å². The normalized spacial score (nSPS) is 12.5. The summed E-state index contributed by atoms with van der Waals surface area (Å²) in [6, 6.07) is 7.08. The fourth-order valence-electron chi connectivity index (χ4n) is 1.86. The van der Waals surface area contributed by atoms with Gasteiger partial charge in [0.15, 0.2) is 0 Å². The maximum atomic E-state index is 13.7. The first-order valence-electron chi connectivity index (χ1n) is 5.80. The van der Waals surface area contributed by atoms with Crippen molar-refractivity contribution in [1.82, 2.24) is 0 Å². The standard InChI is InChI=1S/C15H13ClF2O/c1-8-3-4-10(5-9(8)2)15(19)11-6-14(18)12(16)7-13(11)17/h3-7,15,19H,1-2H3. The van der Waals surface area contributed by atoms with E-state index in [-0.39, 0.29) is 10.6 Å². The molecule has 4 heteroatoms. The van der Waals surface area contributed by atoms with Crippen molar-refractivity contribution in [3.05, 3.63) is 69.2 Å². The molecule has 2 rings (SSSR count). The molecule has 0 aliphatic carbocycles. The minimum Gasteiger partial charge on any atom is -0.384 e. The highest BCUT2D eigenvalue weighted by Crippen LogP contribution is 2.29. The second-order valence-electron chi connectivity index (χ2n) is 4.53. The van der Waals surface area contributed by atoms with Gasteiger partial charge in [0.25, 0.3) is 0 Å². The van der Waals surface area contributed by atoms with Crippen LogP contribution in [0.3, 0.4) is 0 Å². The van der Waals surface area contributed by atoms with Gasteiger partial charge < -0.3 is 5.11 Å². The number of aryl methyl sites for hydroxylation is 2. The number of aliphatic hydroxyl groups is 1. The Labute approximate surface area is 115 Å². The largest absolute Gasteiger partial charge is 0.384 e. The predicted molar refractivity (Wildman–Crippen MR) is 71.3 cm³/mol. The number of hydrogen-bond donors (Lipinski definition) is 1. The molecular formula is C15H13ClF2O. The van der Waals surface area contributed by atoms with Gasteiger partial charge in [0.05, 0.1) is 5.02 Å². The topological polar surface area (TPSA) is 20.2 Å². The van der Waals surface area contributed by atoms with Crippen molar-refractivity contribution in [1.29, 1.82) is 0 Å².